The highest BCUT2D eigenvalue weighted by molar-refractivity contribution is 7.80. The first-order chi connectivity index (χ1) is 12.1. The van der Waals surface area contributed by atoms with Crippen molar-refractivity contribution < 1.29 is 4.74 Å². The zero-order valence-electron chi connectivity index (χ0n) is 14.6. The van der Waals surface area contributed by atoms with Crippen LogP contribution in [0.4, 0.5) is 11.8 Å². The molecule has 0 atom stereocenters. The second kappa shape index (κ2) is 8.11. The van der Waals surface area contributed by atoms with Crippen molar-refractivity contribution in [2.24, 2.45) is 0 Å². The molecule has 2 aromatic rings. The van der Waals surface area contributed by atoms with E-state index in [2.05, 4.69) is 25.5 Å². The number of hydrogen-bond donors (Lipinski definition) is 2. The summed E-state index contributed by atoms with van der Waals surface area (Å²) in [6.07, 6.45) is 2.43. The predicted molar refractivity (Wildman–Crippen MR) is 104 cm³/mol. The number of thiocarbonyl (C=S) groups is 1. The molecular weight excluding hydrogens is 334 g/mol. The van der Waals surface area contributed by atoms with E-state index < -0.39 is 0 Å². The minimum absolute atomic E-state index is 0.508. The Kier molecular flexibility index (Phi) is 5.65. The van der Waals surface area contributed by atoms with Gasteiger partial charge in [0.15, 0.2) is 5.11 Å². The van der Waals surface area contributed by atoms with Crippen molar-refractivity contribution in [1.82, 2.24) is 15.3 Å². The second-order valence-corrected chi connectivity index (χ2v) is 6.45. The molecule has 0 aliphatic carbocycles. The average Bonchev–Trinajstić information content (AvgIpc) is 3.14. The molecule has 0 saturated carbocycles. The molecule has 1 aliphatic heterocycles. The van der Waals surface area contributed by atoms with Gasteiger partial charge >= 0.3 is 0 Å². The maximum Gasteiger partial charge on any atom is 0.231 e. The van der Waals surface area contributed by atoms with Crippen LogP contribution >= 0.6 is 12.2 Å². The van der Waals surface area contributed by atoms with Gasteiger partial charge in [-0.05, 0) is 49.7 Å². The fourth-order valence-electron chi connectivity index (χ4n) is 2.79. The molecule has 1 saturated heterocycles. The summed E-state index contributed by atoms with van der Waals surface area (Å²) in [6, 6.07) is 9.88. The molecule has 1 aromatic heterocycles. The highest BCUT2D eigenvalue weighted by Gasteiger charge is 2.15. The lowest BCUT2D eigenvalue weighted by Crippen LogP contribution is -2.29. The van der Waals surface area contributed by atoms with Gasteiger partial charge in [-0.15, -0.1) is 0 Å². The van der Waals surface area contributed by atoms with Crippen LogP contribution in [-0.4, -0.2) is 35.3 Å². The quantitative estimate of drug-likeness (QED) is 0.798. The van der Waals surface area contributed by atoms with Crippen LogP contribution in [0.1, 0.15) is 24.1 Å². The minimum atomic E-state index is 0.508. The number of hydrogen-bond acceptors (Lipinski definition) is 5. The Morgan fingerprint density at radius 2 is 1.92 bits per heavy atom. The summed E-state index contributed by atoms with van der Waals surface area (Å²) in [5, 5.41) is 6.77. The van der Waals surface area contributed by atoms with E-state index in [1.165, 1.54) is 12.8 Å². The predicted octanol–water partition coefficient (Wildman–Crippen LogP) is 2.88. The van der Waals surface area contributed by atoms with Gasteiger partial charge in [-0.25, -0.2) is 4.98 Å². The summed E-state index contributed by atoms with van der Waals surface area (Å²) in [6.45, 7) is 4.70. The lowest BCUT2D eigenvalue weighted by molar-refractivity contribution is 0.414. The number of nitrogens with one attached hydrogen (secondary N) is 2. The molecule has 6 nitrogen and oxygen atoms in total. The fourth-order valence-corrected chi connectivity index (χ4v) is 2.95. The van der Waals surface area contributed by atoms with Crippen LogP contribution in [0.5, 0.6) is 5.75 Å². The molecule has 0 bridgehead atoms. The van der Waals surface area contributed by atoms with Crippen LogP contribution in [0, 0.1) is 6.92 Å². The van der Waals surface area contributed by atoms with Gasteiger partial charge in [0, 0.05) is 31.4 Å². The first-order valence-corrected chi connectivity index (χ1v) is 8.83. The number of benzene rings is 1. The maximum absolute atomic E-state index is 5.36. The lowest BCUT2D eigenvalue weighted by Gasteiger charge is -2.18. The third kappa shape index (κ3) is 4.79. The average molecular weight is 357 g/mol. The third-order valence-electron chi connectivity index (χ3n) is 4.11. The van der Waals surface area contributed by atoms with Gasteiger partial charge in [-0.3, -0.25) is 0 Å². The first kappa shape index (κ1) is 17.4. The van der Waals surface area contributed by atoms with E-state index in [0.717, 1.165) is 35.9 Å². The van der Waals surface area contributed by atoms with Gasteiger partial charge < -0.3 is 20.3 Å². The van der Waals surface area contributed by atoms with E-state index in [9.17, 15) is 0 Å². The Balaban J connectivity index is 1.58. The van der Waals surface area contributed by atoms with Gasteiger partial charge in [0.2, 0.25) is 5.95 Å². The standard InChI is InChI=1S/C18H23N5OS/c1-13-11-16(23-9-3-4-10-23)21-17(20-13)22-18(25)19-12-14-5-7-15(24-2)8-6-14/h5-8,11H,3-4,9-10,12H2,1-2H3,(H2,19,20,21,22,25). The van der Waals surface area contributed by atoms with Crippen molar-refractivity contribution in [2.45, 2.75) is 26.3 Å². The molecule has 7 heteroatoms. The number of aromatic nitrogens is 2. The highest BCUT2D eigenvalue weighted by atomic mass is 32.1. The van der Waals surface area contributed by atoms with Crippen LogP contribution < -0.4 is 20.3 Å². The van der Waals surface area contributed by atoms with E-state index in [4.69, 9.17) is 17.0 Å². The molecule has 2 heterocycles. The first-order valence-electron chi connectivity index (χ1n) is 8.42. The topological polar surface area (TPSA) is 62.3 Å². The summed E-state index contributed by atoms with van der Waals surface area (Å²) < 4.78 is 5.16. The monoisotopic (exact) mass is 357 g/mol. The van der Waals surface area contributed by atoms with Crippen LogP contribution in [0.2, 0.25) is 0 Å². The van der Waals surface area contributed by atoms with Gasteiger partial charge in [-0.2, -0.15) is 4.98 Å². The van der Waals surface area contributed by atoms with Crippen LogP contribution in [0.15, 0.2) is 30.3 Å². The van der Waals surface area contributed by atoms with E-state index in [-0.39, 0.29) is 0 Å². The van der Waals surface area contributed by atoms with Crippen molar-refractivity contribution in [1.29, 1.82) is 0 Å². The van der Waals surface area contributed by atoms with Crippen LogP contribution in [0.25, 0.3) is 0 Å². The summed E-state index contributed by atoms with van der Waals surface area (Å²) in [5.74, 6) is 2.34. The zero-order valence-corrected chi connectivity index (χ0v) is 15.4. The van der Waals surface area contributed by atoms with Gasteiger partial charge in [-0.1, -0.05) is 12.1 Å². The molecule has 1 fully saturated rings. The van der Waals surface area contributed by atoms with Crippen molar-refractivity contribution in [3.63, 3.8) is 0 Å². The normalized spacial score (nSPS) is 13.6. The Morgan fingerprint density at radius 1 is 1.20 bits per heavy atom. The van der Waals surface area contributed by atoms with Gasteiger partial charge in [0.25, 0.3) is 0 Å². The summed E-state index contributed by atoms with van der Waals surface area (Å²) >= 11 is 5.36. The molecule has 3 rings (SSSR count). The van der Waals surface area contributed by atoms with Gasteiger partial charge in [0.05, 0.1) is 7.11 Å². The largest absolute Gasteiger partial charge is 0.497 e. The van der Waals surface area contributed by atoms with Crippen molar-refractivity contribution in [2.75, 3.05) is 30.4 Å². The number of rotatable bonds is 5. The second-order valence-electron chi connectivity index (χ2n) is 6.04. The molecular formula is C18H23N5OS. The molecule has 25 heavy (non-hydrogen) atoms. The number of anilines is 2. The molecule has 132 valence electrons. The lowest BCUT2D eigenvalue weighted by atomic mass is 10.2. The highest BCUT2D eigenvalue weighted by Crippen LogP contribution is 2.19. The smallest absolute Gasteiger partial charge is 0.231 e. The summed E-state index contributed by atoms with van der Waals surface area (Å²) in [4.78, 5) is 11.3. The molecule has 0 spiro atoms. The molecule has 0 unspecified atom stereocenters. The van der Waals surface area contributed by atoms with Crippen LogP contribution in [0.3, 0.4) is 0 Å². The molecule has 0 radical (unpaired) electrons. The Morgan fingerprint density at radius 3 is 2.60 bits per heavy atom. The van der Waals surface area contributed by atoms with Crippen molar-refractivity contribution >= 4 is 29.1 Å². The van der Waals surface area contributed by atoms with E-state index in [1.807, 2.05) is 37.3 Å². The Bertz CT molecular complexity index is 729. The van der Waals surface area contributed by atoms with Crippen molar-refractivity contribution in [3.05, 3.63) is 41.6 Å². The maximum atomic E-state index is 5.36. The summed E-state index contributed by atoms with van der Waals surface area (Å²) in [7, 11) is 1.66. The number of aryl methyl sites for hydroxylation is 1. The number of ether oxygens (including phenoxy) is 1. The van der Waals surface area contributed by atoms with Gasteiger partial charge in [0.1, 0.15) is 11.6 Å². The number of methoxy groups -OCH3 is 1. The Hall–Kier alpha value is -2.41. The SMILES string of the molecule is COc1ccc(CNC(=S)Nc2nc(C)cc(N3CCCC3)n2)cc1. The molecule has 1 aromatic carbocycles. The zero-order chi connectivity index (χ0) is 17.6. The molecule has 0 amide bonds. The Labute approximate surface area is 153 Å². The minimum Gasteiger partial charge on any atom is -0.497 e. The summed E-state index contributed by atoms with van der Waals surface area (Å²) in [5.41, 5.74) is 2.05. The third-order valence-corrected chi connectivity index (χ3v) is 4.35. The van der Waals surface area contributed by atoms with E-state index in [1.54, 1.807) is 7.11 Å². The number of nitrogens with zero attached hydrogens (tertiary/aromatic N) is 3. The van der Waals surface area contributed by atoms with E-state index in [0.29, 0.717) is 17.6 Å². The van der Waals surface area contributed by atoms with Crippen LogP contribution in [-0.2, 0) is 6.54 Å². The molecule has 2 N–H and O–H groups in total. The van der Waals surface area contributed by atoms with E-state index >= 15 is 0 Å². The molecule has 1 aliphatic rings. The fraction of sp³-hybridized carbons (Fsp3) is 0.389. The van der Waals surface area contributed by atoms with Crippen molar-refractivity contribution in [3.8, 4) is 5.75 Å².